The number of para-hydroxylation sites is 1. The van der Waals surface area contributed by atoms with Gasteiger partial charge in [-0.1, -0.05) is 24.3 Å². The van der Waals surface area contributed by atoms with E-state index < -0.39 is 29.0 Å². The molecule has 0 heterocycles. The van der Waals surface area contributed by atoms with Crippen LogP contribution in [0.15, 0.2) is 60.7 Å². The van der Waals surface area contributed by atoms with E-state index in [1.54, 1.807) is 6.07 Å². The first kappa shape index (κ1) is 25.1. The zero-order valence-corrected chi connectivity index (χ0v) is 18.7. The van der Waals surface area contributed by atoms with Crippen LogP contribution in [-0.2, 0) is 11.3 Å². The highest BCUT2D eigenvalue weighted by molar-refractivity contribution is 6.00. The summed E-state index contributed by atoms with van der Waals surface area (Å²) in [7, 11) is 1.99. The number of hydroxylamine groups is 1. The van der Waals surface area contributed by atoms with Crippen LogP contribution in [0.3, 0.4) is 0 Å². The van der Waals surface area contributed by atoms with Gasteiger partial charge in [0.05, 0.1) is 30.2 Å². The molecule has 0 saturated carbocycles. The minimum absolute atomic E-state index is 0.111. The van der Waals surface area contributed by atoms with Crippen molar-refractivity contribution in [2.45, 2.75) is 12.8 Å². The van der Waals surface area contributed by atoms with E-state index in [4.69, 9.17) is 9.94 Å². The maximum absolute atomic E-state index is 14.8. The second-order valence-electron chi connectivity index (χ2n) is 7.59. The fourth-order valence-electron chi connectivity index (χ4n) is 3.36. The van der Waals surface area contributed by atoms with Crippen LogP contribution in [0.1, 0.15) is 22.3 Å². The number of halogens is 3. The van der Waals surface area contributed by atoms with Gasteiger partial charge < -0.3 is 15.3 Å². The van der Waals surface area contributed by atoms with E-state index in [9.17, 15) is 18.0 Å². The second-order valence-corrected chi connectivity index (χ2v) is 7.59. The molecule has 3 rings (SSSR count). The molecule has 0 saturated heterocycles. The van der Waals surface area contributed by atoms with E-state index in [1.807, 2.05) is 42.9 Å². The first-order valence-corrected chi connectivity index (χ1v) is 10.7. The van der Waals surface area contributed by atoms with Crippen molar-refractivity contribution in [3.63, 3.8) is 0 Å². The molecule has 0 aliphatic heterocycles. The molecule has 0 bridgehead atoms. The Morgan fingerprint density at radius 2 is 1.79 bits per heavy atom. The molecule has 0 aromatic heterocycles. The molecule has 180 valence electrons. The first-order chi connectivity index (χ1) is 16.4. The molecule has 0 radical (unpaired) electrons. The van der Waals surface area contributed by atoms with Crippen LogP contribution < -0.4 is 15.7 Å². The minimum Gasteiger partial charge on any atom is -0.394 e. The number of nitrogens with zero attached hydrogens (tertiary/aromatic N) is 1. The van der Waals surface area contributed by atoms with Gasteiger partial charge in [-0.05, 0) is 54.8 Å². The predicted octanol–water partition coefficient (Wildman–Crippen LogP) is 4.57. The van der Waals surface area contributed by atoms with Gasteiger partial charge in [0.15, 0.2) is 11.6 Å². The smallest absolute Gasteiger partial charge is 0.277 e. The monoisotopic (exact) mass is 473 g/mol. The minimum atomic E-state index is -1.33. The van der Waals surface area contributed by atoms with Gasteiger partial charge in [-0.2, -0.15) is 0 Å². The summed E-state index contributed by atoms with van der Waals surface area (Å²) in [5.74, 6) is -4.08. The van der Waals surface area contributed by atoms with Gasteiger partial charge in [-0.3, -0.25) is 9.63 Å². The van der Waals surface area contributed by atoms with Gasteiger partial charge in [-0.15, -0.1) is 0 Å². The Labute approximate surface area is 195 Å². The van der Waals surface area contributed by atoms with Gasteiger partial charge in [-0.25, -0.2) is 18.7 Å². The summed E-state index contributed by atoms with van der Waals surface area (Å²) >= 11 is 0. The summed E-state index contributed by atoms with van der Waals surface area (Å²) < 4.78 is 43.0. The molecular weight excluding hydrogens is 447 g/mol. The third kappa shape index (κ3) is 6.49. The van der Waals surface area contributed by atoms with E-state index in [0.29, 0.717) is 6.42 Å². The number of aliphatic hydroxyl groups excluding tert-OH is 1. The third-order valence-corrected chi connectivity index (χ3v) is 5.15. The number of hydrogen-bond acceptors (Lipinski definition) is 5. The molecule has 0 aliphatic rings. The zero-order valence-electron chi connectivity index (χ0n) is 18.7. The lowest BCUT2D eigenvalue weighted by Gasteiger charge is -2.19. The highest BCUT2D eigenvalue weighted by atomic mass is 19.2. The lowest BCUT2D eigenvalue weighted by Crippen LogP contribution is -2.26. The molecule has 3 aromatic rings. The number of hydrogen-bond donors (Lipinski definition) is 3. The van der Waals surface area contributed by atoms with Gasteiger partial charge >= 0.3 is 0 Å². The molecule has 0 aliphatic carbocycles. The second kappa shape index (κ2) is 12.1. The number of carbonyl (C=O) groups excluding carboxylic acids is 1. The molecule has 0 atom stereocenters. The molecular formula is C25H26F3N3O3. The molecule has 34 heavy (non-hydrogen) atoms. The van der Waals surface area contributed by atoms with Gasteiger partial charge in [0.25, 0.3) is 5.91 Å². The number of nitrogens with one attached hydrogen (secondary N) is 2. The van der Waals surface area contributed by atoms with Crippen LogP contribution in [0.4, 0.5) is 30.2 Å². The first-order valence-electron chi connectivity index (χ1n) is 10.7. The van der Waals surface area contributed by atoms with E-state index >= 15 is 0 Å². The van der Waals surface area contributed by atoms with Crippen molar-refractivity contribution in [2.24, 2.45) is 0 Å². The SMILES string of the molecule is CN(CCCc1ccc(Nc2c(C(=O)NOCCO)ccc(F)c2F)c(F)c1)c1ccccc1. The van der Waals surface area contributed by atoms with Crippen LogP contribution in [0.5, 0.6) is 0 Å². The number of anilines is 3. The number of carbonyl (C=O) groups is 1. The lowest BCUT2D eigenvalue weighted by molar-refractivity contribution is 0.0168. The molecule has 6 nitrogen and oxygen atoms in total. The van der Waals surface area contributed by atoms with Crippen LogP contribution >= 0.6 is 0 Å². The Morgan fingerprint density at radius 3 is 2.50 bits per heavy atom. The predicted molar refractivity (Wildman–Crippen MR) is 125 cm³/mol. The number of aliphatic hydroxyl groups is 1. The molecule has 0 fully saturated rings. The lowest BCUT2D eigenvalue weighted by atomic mass is 10.1. The van der Waals surface area contributed by atoms with E-state index in [-0.39, 0.29) is 24.5 Å². The highest BCUT2D eigenvalue weighted by Gasteiger charge is 2.20. The average molecular weight is 473 g/mol. The molecule has 0 unspecified atom stereocenters. The quantitative estimate of drug-likeness (QED) is 0.281. The third-order valence-electron chi connectivity index (χ3n) is 5.15. The molecule has 0 spiro atoms. The van der Waals surface area contributed by atoms with Gasteiger partial charge in [0, 0.05) is 19.3 Å². The van der Waals surface area contributed by atoms with Crippen LogP contribution in [0.2, 0.25) is 0 Å². The Morgan fingerprint density at radius 1 is 1.03 bits per heavy atom. The maximum Gasteiger partial charge on any atom is 0.277 e. The number of benzene rings is 3. The number of aryl methyl sites for hydroxylation is 1. The Hall–Kier alpha value is -3.56. The summed E-state index contributed by atoms with van der Waals surface area (Å²) in [5.41, 5.74) is 2.93. The zero-order chi connectivity index (χ0) is 24.5. The van der Waals surface area contributed by atoms with E-state index in [2.05, 4.69) is 10.2 Å². The highest BCUT2D eigenvalue weighted by Crippen LogP contribution is 2.28. The molecule has 1 amide bonds. The Bertz CT molecular complexity index is 1110. The van der Waals surface area contributed by atoms with Crippen LogP contribution in [-0.4, -0.2) is 37.8 Å². The van der Waals surface area contributed by atoms with Crippen molar-refractivity contribution in [1.82, 2.24) is 5.48 Å². The largest absolute Gasteiger partial charge is 0.394 e. The summed E-state index contributed by atoms with van der Waals surface area (Å²) in [6, 6.07) is 16.2. The van der Waals surface area contributed by atoms with Crippen molar-refractivity contribution >= 4 is 23.0 Å². The Kier molecular flexibility index (Phi) is 8.89. The van der Waals surface area contributed by atoms with Crippen LogP contribution in [0.25, 0.3) is 0 Å². The summed E-state index contributed by atoms with van der Waals surface area (Å²) in [6.45, 7) is 0.246. The number of amides is 1. The van der Waals surface area contributed by atoms with Crippen molar-refractivity contribution in [2.75, 3.05) is 37.0 Å². The van der Waals surface area contributed by atoms with Crippen molar-refractivity contribution in [1.29, 1.82) is 0 Å². The normalized spacial score (nSPS) is 10.7. The van der Waals surface area contributed by atoms with E-state index in [1.165, 1.54) is 12.1 Å². The fourth-order valence-corrected chi connectivity index (χ4v) is 3.36. The molecule has 9 heteroatoms. The van der Waals surface area contributed by atoms with Crippen molar-refractivity contribution in [3.05, 3.63) is 89.2 Å². The molecule has 3 N–H and O–H groups in total. The van der Waals surface area contributed by atoms with Crippen molar-refractivity contribution < 1.29 is 27.9 Å². The fraction of sp³-hybridized carbons (Fsp3) is 0.240. The van der Waals surface area contributed by atoms with E-state index in [0.717, 1.165) is 36.3 Å². The van der Waals surface area contributed by atoms with Gasteiger partial charge in [0.1, 0.15) is 5.82 Å². The van der Waals surface area contributed by atoms with Crippen LogP contribution in [0, 0.1) is 17.5 Å². The Balaban J connectivity index is 1.68. The average Bonchev–Trinajstić information content (AvgIpc) is 2.84. The van der Waals surface area contributed by atoms with Gasteiger partial charge in [0.2, 0.25) is 0 Å². The summed E-state index contributed by atoms with van der Waals surface area (Å²) in [4.78, 5) is 19.1. The topological polar surface area (TPSA) is 73.8 Å². The summed E-state index contributed by atoms with van der Waals surface area (Å²) in [6.07, 6.45) is 1.41. The molecule has 3 aromatic carbocycles. The number of rotatable bonds is 11. The maximum atomic E-state index is 14.8. The summed E-state index contributed by atoms with van der Waals surface area (Å²) in [5, 5.41) is 11.2. The standard InChI is InChI=1S/C25H26F3N3O3/c1-31(18-7-3-2-4-8-18)13-5-6-17-9-12-22(21(27)16-17)29-24-19(10-11-20(26)23(24)28)25(33)30-34-15-14-32/h2-4,7-12,16,29,32H,5-6,13-15H2,1H3,(H,30,33). The van der Waals surface area contributed by atoms with Crippen molar-refractivity contribution in [3.8, 4) is 0 Å².